The van der Waals surface area contributed by atoms with E-state index >= 15 is 0 Å². The molecule has 1 aromatic heterocycles. The minimum Gasteiger partial charge on any atom is -0.348 e. The fraction of sp³-hybridized carbons (Fsp3) is 0.562. The predicted molar refractivity (Wildman–Crippen MR) is 87.8 cm³/mol. The summed E-state index contributed by atoms with van der Waals surface area (Å²) < 4.78 is 38.4. The first-order valence-electron chi connectivity index (χ1n) is 8.43. The largest absolute Gasteiger partial charge is 0.348 e. The topological polar surface area (TPSA) is 96.2 Å². The Bertz CT molecular complexity index is 821. The zero-order valence-electron chi connectivity index (χ0n) is 13.7. The Balaban J connectivity index is 1.49. The van der Waals surface area contributed by atoms with Crippen LogP contribution in [0.3, 0.4) is 0 Å². The van der Waals surface area contributed by atoms with Gasteiger partial charge < -0.3 is 9.47 Å². The van der Waals surface area contributed by atoms with Gasteiger partial charge in [-0.2, -0.15) is 4.68 Å². The molecule has 1 aromatic carbocycles. The number of hydrogen-bond donors (Lipinski definition) is 0. The molecule has 4 rings (SSSR count). The lowest BCUT2D eigenvalue weighted by molar-refractivity contribution is -0.181. The summed E-state index contributed by atoms with van der Waals surface area (Å²) >= 11 is 0. The predicted octanol–water partition coefficient (Wildman–Crippen LogP) is 1.37. The van der Waals surface area contributed by atoms with Crippen LogP contribution < -0.4 is 0 Å². The first-order valence-corrected chi connectivity index (χ1v) is 10.1. The standard InChI is InChI=1S/C16H20N4O4S/c21-25(22,12-13-6-8-16(9-7-13)23-10-11-24-16)15-17-18-19-20(15)14-4-2-1-3-5-14/h1-5,13H,6-12H2. The normalized spacial score (nSPS) is 21.0. The number of aromatic nitrogens is 4. The molecule has 0 bridgehead atoms. The highest BCUT2D eigenvalue weighted by Crippen LogP contribution is 2.39. The maximum atomic E-state index is 12.8. The van der Waals surface area contributed by atoms with E-state index in [0.717, 1.165) is 25.7 Å². The summed E-state index contributed by atoms with van der Waals surface area (Å²) in [5.41, 5.74) is 0.626. The molecular formula is C16H20N4O4S. The Morgan fingerprint density at radius 2 is 1.80 bits per heavy atom. The van der Waals surface area contributed by atoms with E-state index in [-0.39, 0.29) is 16.8 Å². The summed E-state index contributed by atoms with van der Waals surface area (Å²) in [7, 11) is -3.59. The Morgan fingerprint density at radius 1 is 1.12 bits per heavy atom. The lowest BCUT2D eigenvalue weighted by atomic mass is 9.86. The molecule has 1 aliphatic carbocycles. The summed E-state index contributed by atoms with van der Waals surface area (Å²) in [5.74, 6) is -0.383. The molecular weight excluding hydrogens is 344 g/mol. The average molecular weight is 364 g/mol. The number of hydrogen-bond acceptors (Lipinski definition) is 7. The van der Waals surface area contributed by atoms with Crippen LogP contribution in [-0.4, -0.2) is 53.4 Å². The monoisotopic (exact) mass is 364 g/mol. The zero-order valence-corrected chi connectivity index (χ0v) is 14.6. The molecule has 8 nitrogen and oxygen atoms in total. The van der Waals surface area contributed by atoms with Crippen molar-refractivity contribution in [2.45, 2.75) is 36.6 Å². The Morgan fingerprint density at radius 3 is 2.48 bits per heavy atom. The first kappa shape index (κ1) is 16.6. The summed E-state index contributed by atoms with van der Waals surface area (Å²) in [6.45, 7) is 1.24. The minimum atomic E-state index is -3.59. The molecule has 2 aliphatic rings. The molecule has 1 saturated carbocycles. The quantitative estimate of drug-likeness (QED) is 0.808. The highest BCUT2D eigenvalue weighted by atomic mass is 32.2. The Hall–Kier alpha value is -1.84. The molecule has 2 heterocycles. The van der Waals surface area contributed by atoms with Crippen molar-refractivity contribution >= 4 is 9.84 Å². The van der Waals surface area contributed by atoms with Crippen LogP contribution in [0.1, 0.15) is 25.7 Å². The number of rotatable bonds is 4. The van der Waals surface area contributed by atoms with Gasteiger partial charge in [0.05, 0.1) is 24.7 Å². The van der Waals surface area contributed by atoms with Crippen molar-refractivity contribution in [3.05, 3.63) is 30.3 Å². The van der Waals surface area contributed by atoms with Crippen molar-refractivity contribution < 1.29 is 17.9 Å². The highest BCUT2D eigenvalue weighted by molar-refractivity contribution is 7.91. The fourth-order valence-electron chi connectivity index (χ4n) is 3.56. The molecule has 25 heavy (non-hydrogen) atoms. The second kappa shape index (κ2) is 6.47. The van der Waals surface area contributed by atoms with E-state index in [9.17, 15) is 8.42 Å². The van der Waals surface area contributed by atoms with E-state index in [0.29, 0.717) is 18.9 Å². The highest BCUT2D eigenvalue weighted by Gasteiger charge is 2.41. The van der Waals surface area contributed by atoms with Crippen LogP contribution in [0.4, 0.5) is 0 Å². The molecule has 0 amide bonds. The third-order valence-corrected chi connectivity index (χ3v) is 6.58. The number of nitrogens with zero attached hydrogens (tertiary/aromatic N) is 4. The SMILES string of the molecule is O=S(=O)(CC1CCC2(CC1)OCCO2)c1nnnn1-c1ccccc1. The Kier molecular flexibility index (Phi) is 4.30. The number of ether oxygens (including phenoxy) is 2. The van der Waals surface area contributed by atoms with E-state index in [4.69, 9.17) is 9.47 Å². The van der Waals surface area contributed by atoms with Crippen molar-refractivity contribution in [1.29, 1.82) is 0 Å². The van der Waals surface area contributed by atoms with Crippen molar-refractivity contribution in [1.82, 2.24) is 20.2 Å². The van der Waals surface area contributed by atoms with E-state index in [1.165, 1.54) is 4.68 Å². The van der Waals surface area contributed by atoms with Gasteiger partial charge in [0.25, 0.3) is 5.16 Å². The maximum absolute atomic E-state index is 12.8. The second-order valence-corrected chi connectivity index (χ2v) is 8.47. The van der Waals surface area contributed by atoms with Crippen molar-refractivity contribution in [3.8, 4) is 5.69 Å². The molecule has 2 aromatic rings. The van der Waals surface area contributed by atoms with Crippen LogP contribution in [0.15, 0.2) is 35.5 Å². The average Bonchev–Trinajstić information content (AvgIpc) is 3.28. The van der Waals surface area contributed by atoms with Gasteiger partial charge in [-0.3, -0.25) is 0 Å². The van der Waals surface area contributed by atoms with Gasteiger partial charge >= 0.3 is 0 Å². The molecule has 0 N–H and O–H groups in total. The van der Waals surface area contributed by atoms with Crippen molar-refractivity contribution in [2.24, 2.45) is 5.92 Å². The number of sulfone groups is 1. The van der Waals surface area contributed by atoms with Gasteiger partial charge in [-0.25, -0.2) is 8.42 Å². The molecule has 0 radical (unpaired) electrons. The van der Waals surface area contributed by atoms with E-state index in [1.54, 1.807) is 12.1 Å². The molecule has 1 saturated heterocycles. The van der Waals surface area contributed by atoms with Gasteiger partial charge in [-0.15, -0.1) is 0 Å². The van der Waals surface area contributed by atoms with Crippen LogP contribution in [0, 0.1) is 5.92 Å². The Labute approximate surface area is 146 Å². The van der Waals surface area contributed by atoms with Gasteiger partial charge in [0, 0.05) is 12.8 Å². The van der Waals surface area contributed by atoms with Crippen LogP contribution in [0.25, 0.3) is 5.69 Å². The van der Waals surface area contributed by atoms with Crippen molar-refractivity contribution in [2.75, 3.05) is 19.0 Å². The summed E-state index contributed by atoms with van der Waals surface area (Å²) in [6, 6.07) is 9.03. The molecule has 1 spiro atoms. The van der Waals surface area contributed by atoms with Crippen LogP contribution in [0.5, 0.6) is 0 Å². The number of para-hydroxylation sites is 1. The van der Waals surface area contributed by atoms with Gasteiger partial charge in [0.15, 0.2) is 5.79 Å². The zero-order chi connectivity index (χ0) is 17.3. The van der Waals surface area contributed by atoms with E-state index < -0.39 is 15.6 Å². The third-order valence-electron chi connectivity index (χ3n) is 4.86. The van der Waals surface area contributed by atoms with Gasteiger partial charge in [0.1, 0.15) is 0 Å². The first-order chi connectivity index (χ1) is 12.1. The van der Waals surface area contributed by atoms with Crippen molar-refractivity contribution in [3.63, 3.8) is 0 Å². The summed E-state index contributed by atoms with van der Waals surface area (Å²) in [4.78, 5) is 0. The second-order valence-electron chi connectivity index (χ2n) is 6.54. The lowest BCUT2D eigenvalue weighted by Crippen LogP contribution is -2.36. The molecule has 1 aliphatic heterocycles. The van der Waals surface area contributed by atoms with Crippen LogP contribution in [-0.2, 0) is 19.3 Å². The molecule has 0 atom stereocenters. The van der Waals surface area contributed by atoms with Gasteiger partial charge in [0.2, 0.25) is 9.84 Å². The molecule has 134 valence electrons. The number of tetrazole rings is 1. The summed E-state index contributed by atoms with van der Waals surface area (Å²) in [6.07, 6.45) is 2.98. The molecule has 0 unspecified atom stereocenters. The third kappa shape index (κ3) is 3.31. The molecule has 9 heteroatoms. The van der Waals surface area contributed by atoms with Gasteiger partial charge in [-0.1, -0.05) is 23.3 Å². The maximum Gasteiger partial charge on any atom is 0.272 e. The number of benzene rings is 1. The molecule has 2 fully saturated rings. The minimum absolute atomic E-state index is 0.0380. The van der Waals surface area contributed by atoms with Gasteiger partial charge in [-0.05, 0) is 41.3 Å². The van der Waals surface area contributed by atoms with Crippen LogP contribution in [0.2, 0.25) is 0 Å². The van der Waals surface area contributed by atoms with E-state index in [1.807, 2.05) is 18.2 Å². The van der Waals surface area contributed by atoms with E-state index in [2.05, 4.69) is 15.5 Å². The smallest absolute Gasteiger partial charge is 0.272 e. The van der Waals surface area contributed by atoms with Crippen LogP contribution >= 0.6 is 0 Å². The lowest BCUT2D eigenvalue weighted by Gasteiger charge is -2.35. The summed E-state index contributed by atoms with van der Waals surface area (Å²) in [5, 5.41) is 11.1. The fourth-order valence-corrected chi connectivity index (χ4v) is 5.23.